The van der Waals surface area contributed by atoms with Crippen LogP contribution in [0.3, 0.4) is 0 Å². The Morgan fingerprint density at radius 3 is 1.00 bits per heavy atom. The summed E-state index contributed by atoms with van der Waals surface area (Å²) in [5, 5.41) is 0. The minimum Gasteiger partial charge on any atom is -0.143 e. The van der Waals surface area contributed by atoms with E-state index in [0.29, 0.717) is 0 Å². The summed E-state index contributed by atoms with van der Waals surface area (Å²) in [6, 6.07) is 8.78. The molecule has 0 saturated heterocycles. The zero-order valence-electron chi connectivity index (χ0n) is 11.2. The van der Waals surface area contributed by atoms with E-state index in [9.17, 15) is 0 Å². The third kappa shape index (κ3) is 2.45. The average Bonchev–Trinajstić information content (AvgIpc) is 2.31. The number of hydrogen-bond donors (Lipinski definition) is 2. The second-order valence-corrected chi connectivity index (χ2v) is 5.81. The predicted octanol–water partition coefficient (Wildman–Crippen LogP) is 5.16. The number of aryl methyl sites for hydroxylation is 4. The van der Waals surface area contributed by atoms with Gasteiger partial charge in [-0.25, -0.2) is 0 Å². The fraction of sp³-hybridized carbons (Fsp3) is 0.250. The third-order valence-electron chi connectivity index (χ3n) is 3.32. The van der Waals surface area contributed by atoms with Gasteiger partial charge in [-0.2, -0.15) is 0 Å². The highest BCUT2D eigenvalue weighted by atomic mass is 32.1. The Morgan fingerprint density at radius 1 is 0.556 bits per heavy atom. The van der Waals surface area contributed by atoms with Crippen LogP contribution in [0.25, 0.3) is 11.1 Å². The molecular weight excluding hydrogens is 256 g/mol. The largest absolute Gasteiger partial charge is 0.143 e. The molecule has 2 aromatic rings. The maximum atomic E-state index is 4.52. The quantitative estimate of drug-likeness (QED) is 0.659. The lowest BCUT2D eigenvalue weighted by Gasteiger charge is -2.12. The Kier molecular flexibility index (Phi) is 3.79. The molecule has 0 radical (unpaired) electrons. The zero-order chi connectivity index (χ0) is 13.4. The summed E-state index contributed by atoms with van der Waals surface area (Å²) in [6.45, 7) is 8.41. The summed E-state index contributed by atoms with van der Waals surface area (Å²) < 4.78 is 0. The van der Waals surface area contributed by atoms with E-state index in [0.717, 1.165) is 9.79 Å². The molecule has 0 nitrogen and oxygen atoms in total. The Morgan fingerprint density at radius 2 is 0.778 bits per heavy atom. The van der Waals surface area contributed by atoms with E-state index < -0.39 is 0 Å². The Hall–Kier alpha value is -0.860. The van der Waals surface area contributed by atoms with Crippen LogP contribution < -0.4 is 0 Å². The van der Waals surface area contributed by atoms with Crippen LogP contribution in [0.4, 0.5) is 0 Å². The molecule has 18 heavy (non-hydrogen) atoms. The minimum absolute atomic E-state index is 1.08. The van der Waals surface area contributed by atoms with Crippen LogP contribution >= 0.6 is 25.3 Å². The molecule has 0 saturated carbocycles. The normalized spacial score (nSPS) is 10.8. The Bertz CT molecular complexity index is 511. The standard InChI is InChI=1S/C16H18S2/c1-9-5-13(6-10(2)15(9)17)14-7-11(3)16(18)12(4)8-14/h5-8,17-18H,1-4H3. The fourth-order valence-corrected chi connectivity index (χ4v) is 2.50. The van der Waals surface area contributed by atoms with Crippen LogP contribution in [0, 0.1) is 27.7 Å². The molecule has 0 aliphatic rings. The monoisotopic (exact) mass is 274 g/mol. The van der Waals surface area contributed by atoms with Gasteiger partial charge in [-0.1, -0.05) is 24.3 Å². The van der Waals surface area contributed by atoms with Gasteiger partial charge in [0.25, 0.3) is 0 Å². The molecule has 2 rings (SSSR count). The molecule has 0 bridgehead atoms. The van der Waals surface area contributed by atoms with Crippen molar-refractivity contribution in [1.82, 2.24) is 0 Å². The molecule has 2 heteroatoms. The molecule has 0 amide bonds. The van der Waals surface area contributed by atoms with Crippen LogP contribution in [0.2, 0.25) is 0 Å². The van der Waals surface area contributed by atoms with Crippen LogP contribution in [0.1, 0.15) is 22.3 Å². The SMILES string of the molecule is Cc1cc(-c2cc(C)c(S)c(C)c2)cc(C)c1S. The van der Waals surface area contributed by atoms with E-state index in [1.807, 2.05) is 0 Å². The van der Waals surface area contributed by atoms with Crippen molar-refractivity contribution in [1.29, 1.82) is 0 Å². The average molecular weight is 274 g/mol. The summed E-state index contributed by atoms with van der Waals surface area (Å²) in [4.78, 5) is 2.16. The van der Waals surface area contributed by atoms with Gasteiger partial charge in [-0.05, 0) is 61.1 Å². The van der Waals surface area contributed by atoms with Gasteiger partial charge < -0.3 is 0 Å². The highest BCUT2D eigenvalue weighted by Gasteiger charge is 2.07. The van der Waals surface area contributed by atoms with Crippen LogP contribution in [-0.2, 0) is 0 Å². The zero-order valence-corrected chi connectivity index (χ0v) is 13.0. The van der Waals surface area contributed by atoms with E-state index in [1.54, 1.807) is 0 Å². The van der Waals surface area contributed by atoms with Gasteiger partial charge in [-0.15, -0.1) is 25.3 Å². The molecule has 0 N–H and O–H groups in total. The molecule has 0 fully saturated rings. The van der Waals surface area contributed by atoms with Crippen molar-refractivity contribution in [3.63, 3.8) is 0 Å². The molecule has 0 atom stereocenters. The lowest BCUT2D eigenvalue weighted by atomic mass is 9.97. The smallest absolute Gasteiger partial charge is 0.00989 e. The predicted molar refractivity (Wildman–Crippen MR) is 85.3 cm³/mol. The molecular formula is C16H18S2. The van der Waals surface area contributed by atoms with Gasteiger partial charge in [0.2, 0.25) is 0 Å². The molecule has 2 aromatic carbocycles. The lowest BCUT2D eigenvalue weighted by molar-refractivity contribution is 1.21. The van der Waals surface area contributed by atoms with Crippen molar-refractivity contribution in [2.75, 3.05) is 0 Å². The van der Waals surface area contributed by atoms with E-state index in [4.69, 9.17) is 0 Å². The first kappa shape index (κ1) is 13.6. The Labute approximate surface area is 120 Å². The third-order valence-corrected chi connectivity index (χ3v) is 4.73. The summed E-state index contributed by atoms with van der Waals surface area (Å²) in [6.07, 6.45) is 0. The van der Waals surface area contributed by atoms with Crippen LogP contribution in [0.5, 0.6) is 0 Å². The highest BCUT2D eigenvalue weighted by molar-refractivity contribution is 7.80. The summed E-state index contributed by atoms with van der Waals surface area (Å²) in [7, 11) is 0. The number of thiol groups is 2. The maximum absolute atomic E-state index is 4.52. The van der Waals surface area contributed by atoms with Crippen molar-refractivity contribution >= 4 is 25.3 Å². The molecule has 0 aromatic heterocycles. The van der Waals surface area contributed by atoms with Crippen molar-refractivity contribution in [2.24, 2.45) is 0 Å². The van der Waals surface area contributed by atoms with Gasteiger partial charge in [-0.3, -0.25) is 0 Å². The van der Waals surface area contributed by atoms with Crippen LogP contribution in [0.15, 0.2) is 34.1 Å². The maximum Gasteiger partial charge on any atom is 0.00989 e. The highest BCUT2D eigenvalue weighted by Crippen LogP contribution is 2.30. The minimum atomic E-state index is 1.08. The van der Waals surface area contributed by atoms with E-state index in [-0.39, 0.29) is 0 Å². The fourth-order valence-electron chi connectivity index (χ4n) is 2.25. The molecule has 0 heterocycles. The van der Waals surface area contributed by atoms with Gasteiger partial charge in [0.05, 0.1) is 0 Å². The number of hydrogen-bond acceptors (Lipinski definition) is 2. The first-order valence-corrected chi connectivity index (χ1v) is 6.90. The topological polar surface area (TPSA) is 0 Å². The lowest BCUT2D eigenvalue weighted by Crippen LogP contribution is -1.89. The number of benzene rings is 2. The van der Waals surface area contributed by atoms with Crippen molar-refractivity contribution < 1.29 is 0 Å². The molecule has 0 unspecified atom stereocenters. The van der Waals surface area contributed by atoms with Crippen molar-refractivity contribution in [2.45, 2.75) is 37.5 Å². The van der Waals surface area contributed by atoms with Gasteiger partial charge in [0.15, 0.2) is 0 Å². The van der Waals surface area contributed by atoms with E-state index in [2.05, 4.69) is 77.2 Å². The second-order valence-electron chi connectivity index (χ2n) is 4.92. The molecule has 0 aliphatic carbocycles. The van der Waals surface area contributed by atoms with Crippen LogP contribution in [-0.4, -0.2) is 0 Å². The van der Waals surface area contributed by atoms with Crippen molar-refractivity contribution in [3.8, 4) is 11.1 Å². The summed E-state index contributed by atoms with van der Waals surface area (Å²) in [5.74, 6) is 0. The molecule has 0 aliphatic heterocycles. The van der Waals surface area contributed by atoms with Gasteiger partial charge in [0.1, 0.15) is 0 Å². The van der Waals surface area contributed by atoms with E-state index in [1.165, 1.54) is 33.4 Å². The second kappa shape index (κ2) is 5.02. The number of rotatable bonds is 1. The van der Waals surface area contributed by atoms with Crippen molar-refractivity contribution in [3.05, 3.63) is 46.5 Å². The van der Waals surface area contributed by atoms with Gasteiger partial charge in [0, 0.05) is 9.79 Å². The van der Waals surface area contributed by atoms with Gasteiger partial charge >= 0.3 is 0 Å². The van der Waals surface area contributed by atoms with E-state index >= 15 is 0 Å². The summed E-state index contributed by atoms with van der Waals surface area (Å²) >= 11 is 9.03. The first-order chi connectivity index (χ1) is 8.40. The molecule has 0 spiro atoms. The molecule has 94 valence electrons. The Balaban J connectivity index is 2.63. The first-order valence-electron chi connectivity index (χ1n) is 6.01. The summed E-state index contributed by atoms with van der Waals surface area (Å²) in [5.41, 5.74) is 7.39.